The van der Waals surface area contributed by atoms with E-state index in [-0.39, 0.29) is 12.0 Å². The number of carbonyl (C=O) groups excluding carboxylic acids is 1. The minimum Gasteiger partial charge on any atom is -0.392 e. The number of morpholine rings is 1. The second-order valence-corrected chi connectivity index (χ2v) is 6.77. The summed E-state index contributed by atoms with van der Waals surface area (Å²) in [4.78, 5) is 15.3. The fourth-order valence-electron chi connectivity index (χ4n) is 3.28. The number of nitrogens with zero attached hydrogens (tertiary/aromatic N) is 1. The number of nitrogens with one attached hydrogen (secondary N) is 1. The predicted octanol–water partition coefficient (Wildman–Crippen LogP) is 1.06. The summed E-state index contributed by atoms with van der Waals surface area (Å²) in [5, 5.41) is 3.03. The van der Waals surface area contributed by atoms with Gasteiger partial charge in [0, 0.05) is 19.6 Å². The number of carbonyl (C=O) groups is 1. The van der Waals surface area contributed by atoms with E-state index < -0.39 is 5.41 Å². The molecule has 21 heavy (non-hydrogen) atoms. The number of hydrogen-bond donors (Lipinski definition) is 2. The number of rotatable bonds is 4. The fraction of sp³-hybridized carbons (Fsp3) is 0.867. The Hall–Kier alpha value is -0.720. The van der Waals surface area contributed by atoms with Crippen LogP contribution >= 0.6 is 12.2 Å². The molecule has 1 heterocycles. The number of hydrogen-bond acceptors (Lipinski definition) is 4. The highest BCUT2D eigenvalue weighted by Gasteiger charge is 2.41. The predicted molar refractivity (Wildman–Crippen MR) is 87.2 cm³/mol. The van der Waals surface area contributed by atoms with E-state index in [9.17, 15) is 4.79 Å². The van der Waals surface area contributed by atoms with Gasteiger partial charge in [0.15, 0.2) is 0 Å². The summed E-state index contributed by atoms with van der Waals surface area (Å²) in [7, 11) is 2.07. The average molecular weight is 313 g/mol. The molecule has 1 saturated heterocycles. The van der Waals surface area contributed by atoms with Gasteiger partial charge in [-0.25, -0.2) is 0 Å². The minimum atomic E-state index is -0.646. The third kappa shape index (κ3) is 4.14. The van der Waals surface area contributed by atoms with Gasteiger partial charge in [0.2, 0.25) is 5.91 Å². The van der Waals surface area contributed by atoms with Crippen LogP contribution in [-0.4, -0.2) is 55.2 Å². The van der Waals surface area contributed by atoms with Gasteiger partial charge in [-0.05, 0) is 19.9 Å². The highest BCUT2D eigenvalue weighted by atomic mass is 32.1. The van der Waals surface area contributed by atoms with Gasteiger partial charge in [-0.1, -0.05) is 37.9 Å². The molecule has 0 aromatic heterocycles. The minimum absolute atomic E-state index is 0.00581. The topological polar surface area (TPSA) is 67.6 Å². The van der Waals surface area contributed by atoms with Crippen LogP contribution in [0.1, 0.15) is 38.5 Å². The Morgan fingerprint density at radius 3 is 2.62 bits per heavy atom. The van der Waals surface area contributed by atoms with Crippen molar-refractivity contribution < 1.29 is 9.53 Å². The monoisotopic (exact) mass is 313 g/mol. The number of nitrogens with two attached hydrogens (primary N) is 1. The van der Waals surface area contributed by atoms with Gasteiger partial charge < -0.3 is 20.7 Å². The number of thiocarbonyl (C=S) groups is 1. The molecule has 1 aliphatic carbocycles. The van der Waals surface area contributed by atoms with E-state index in [0.29, 0.717) is 11.5 Å². The molecule has 1 unspecified atom stereocenters. The van der Waals surface area contributed by atoms with Crippen LogP contribution in [0.2, 0.25) is 0 Å². The molecule has 0 spiro atoms. The van der Waals surface area contributed by atoms with E-state index in [4.69, 9.17) is 22.7 Å². The molecule has 5 nitrogen and oxygen atoms in total. The summed E-state index contributed by atoms with van der Waals surface area (Å²) in [6, 6.07) is 0. The highest BCUT2D eigenvalue weighted by molar-refractivity contribution is 7.80. The van der Waals surface area contributed by atoms with E-state index in [0.717, 1.165) is 58.2 Å². The summed E-state index contributed by atoms with van der Waals surface area (Å²) >= 11 is 5.23. The Labute approximate surface area is 132 Å². The first-order chi connectivity index (χ1) is 10.0. The molecule has 2 aliphatic rings. The van der Waals surface area contributed by atoms with Crippen LogP contribution < -0.4 is 11.1 Å². The van der Waals surface area contributed by atoms with Crippen molar-refractivity contribution in [1.82, 2.24) is 10.2 Å². The number of amides is 1. The van der Waals surface area contributed by atoms with Gasteiger partial charge in [-0.15, -0.1) is 0 Å². The van der Waals surface area contributed by atoms with Gasteiger partial charge in [0.1, 0.15) is 0 Å². The zero-order chi connectivity index (χ0) is 15.3. The van der Waals surface area contributed by atoms with E-state index in [1.807, 2.05) is 0 Å². The van der Waals surface area contributed by atoms with Crippen LogP contribution in [0.4, 0.5) is 0 Å². The fourth-order valence-corrected chi connectivity index (χ4v) is 3.58. The lowest BCUT2D eigenvalue weighted by Crippen LogP contribution is -2.52. The molecule has 0 aromatic rings. The lowest BCUT2D eigenvalue weighted by atomic mass is 9.79. The molecule has 2 rings (SSSR count). The van der Waals surface area contributed by atoms with Gasteiger partial charge in [0.05, 0.1) is 23.1 Å². The molecule has 1 atom stereocenters. The highest BCUT2D eigenvalue weighted by Crippen LogP contribution is 2.35. The lowest BCUT2D eigenvalue weighted by Gasteiger charge is -2.33. The number of likely N-dealkylation sites (N-methyl/N-ethyl adjacent to an activating group) is 1. The van der Waals surface area contributed by atoms with Gasteiger partial charge in [-0.2, -0.15) is 0 Å². The second kappa shape index (κ2) is 7.51. The number of ether oxygens (including phenoxy) is 1. The summed E-state index contributed by atoms with van der Waals surface area (Å²) in [6.07, 6.45) is 5.98. The quantitative estimate of drug-likeness (QED) is 0.600. The van der Waals surface area contributed by atoms with Crippen LogP contribution in [0.5, 0.6) is 0 Å². The maximum atomic E-state index is 12.7. The van der Waals surface area contributed by atoms with Crippen molar-refractivity contribution in [3.63, 3.8) is 0 Å². The maximum Gasteiger partial charge on any atom is 0.233 e. The molecule has 0 radical (unpaired) electrons. The van der Waals surface area contributed by atoms with E-state index in [1.54, 1.807) is 0 Å². The molecular weight excluding hydrogens is 286 g/mol. The smallest absolute Gasteiger partial charge is 0.233 e. The second-order valence-electron chi connectivity index (χ2n) is 6.33. The van der Waals surface area contributed by atoms with Crippen LogP contribution in [-0.2, 0) is 9.53 Å². The molecule has 0 bridgehead atoms. The molecule has 2 fully saturated rings. The van der Waals surface area contributed by atoms with E-state index in [1.165, 1.54) is 0 Å². The zero-order valence-electron chi connectivity index (χ0n) is 12.9. The summed E-state index contributed by atoms with van der Waals surface area (Å²) in [6.45, 7) is 3.05. The Balaban J connectivity index is 1.93. The standard InChI is InChI=1S/C15H27N3O2S/c1-18-8-9-20-12(11-18)10-17-14(19)15(13(16)21)6-4-2-3-5-7-15/h12H,2-11H2,1H3,(H2,16,21)(H,17,19). The molecule has 1 aliphatic heterocycles. The largest absolute Gasteiger partial charge is 0.392 e. The first-order valence-corrected chi connectivity index (χ1v) is 8.34. The van der Waals surface area contributed by atoms with Crippen molar-refractivity contribution in [2.45, 2.75) is 44.6 Å². The first-order valence-electron chi connectivity index (χ1n) is 7.93. The molecule has 1 amide bonds. The van der Waals surface area contributed by atoms with Crippen LogP contribution in [0.3, 0.4) is 0 Å². The third-order valence-electron chi connectivity index (χ3n) is 4.70. The Morgan fingerprint density at radius 1 is 1.38 bits per heavy atom. The van der Waals surface area contributed by atoms with Crippen LogP contribution in [0, 0.1) is 5.41 Å². The summed E-state index contributed by atoms with van der Waals surface area (Å²) < 4.78 is 5.68. The van der Waals surface area contributed by atoms with Crippen molar-refractivity contribution >= 4 is 23.1 Å². The normalized spacial score (nSPS) is 26.8. The Morgan fingerprint density at radius 2 is 2.05 bits per heavy atom. The van der Waals surface area contributed by atoms with E-state index >= 15 is 0 Å². The Kier molecular flexibility index (Phi) is 5.96. The third-order valence-corrected chi connectivity index (χ3v) is 5.09. The molecule has 6 heteroatoms. The van der Waals surface area contributed by atoms with Gasteiger partial charge in [-0.3, -0.25) is 4.79 Å². The van der Waals surface area contributed by atoms with Crippen molar-refractivity contribution in [3.05, 3.63) is 0 Å². The average Bonchev–Trinajstić information content (AvgIpc) is 2.71. The molecule has 120 valence electrons. The maximum absolute atomic E-state index is 12.7. The SMILES string of the molecule is CN1CCOC(CNC(=O)C2(C(N)=S)CCCCCC2)C1. The molecule has 3 N–H and O–H groups in total. The zero-order valence-corrected chi connectivity index (χ0v) is 13.7. The molecule has 1 saturated carbocycles. The Bertz CT molecular complexity index is 381. The van der Waals surface area contributed by atoms with Gasteiger partial charge in [0.25, 0.3) is 0 Å². The van der Waals surface area contributed by atoms with Crippen LogP contribution in [0.25, 0.3) is 0 Å². The van der Waals surface area contributed by atoms with Crippen molar-refractivity contribution in [1.29, 1.82) is 0 Å². The van der Waals surface area contributed by atoms with Gasteiger partial charge >= 0.3 is 0 Å². The van der Waals surface area contributed by atoms with Crippen molar-refractivity contribution in [3.8, 4) is 0 Å². The molecule has 0 aromatic carbocycles. The first kappa shape index (κ1) is 16.6. The van der Waals surface area contributed by atoms with Crippen molar-refractivity contribution in [2.24, 2.45) is 11.1 Å². The summed E-state index contributed by atoms with van der Waals surface area (Å²) in [5.74, 6) is -0.00581. The molecular formula is C15H27N3O2S. The van der Waals surface area contributed by atoms with E-state index in [2.05, 4.69) is 17.3 Å². The van der Waals surface area contributed by atoms with Crippen LogP contribution in [0.15, 0.2) is 0 Å². The van der Waals surface area contributed by atoms with Crippen molar-refractivity contribution in [2.75, 3.05) is 33.3 Å². The lowest BCUT2D eigenvalue weighted by molar-refractivity contribution is -0.129. The summed E-state index contributed by atoms with van der Waals surface area (Å²) in [5.41, 5.74) is 5.29.